The number of allylic oxidation sites excluding steroid dienone is 2. The molecule has 1 aliphatic rings. The second-order valence-electron chi connectivity index (χ2n) is 2.61. The van der Waals surface area contributed by atoms with Gasteiger partial charge in [-0.15, -0.1) is 0 Å². The summed E-state index contributed by atoms with van der Waals surface area (Å²) in [4.78, 5) is 1.75. The molecule has 0 saturated carbocycles. The molecule has 58 valence electrons. The average Bonchev–Trinajstić information content (AvgIpc) is 2.12. The zero-order chi connectivity index (χ0) is 8.55. The Balaban J connectivity index is 2.69. The van der Waals surface area contributed by atoms with Crippen molar-refractivity contribution in [1.82, 2.24) is 0 Å². The monoisotopic (exact) mass is 190 g/mol. The zero-order valence-electron chi connectivity index (χ0n) is 6.28. The van der Waals surface area contributed by atoms with E-state index >= 15 is 0 Å². The van der Waals surface area contributed by atoms with Crippen LogP contribution < -0.4 is 0 Å². The van der Waals surface area contributed by atoms with Crippen molar-refractivity contribution in [2.45, 2.75) is 0 Å². The fourth-order valence-electron chi connectivity index (χ4n) is 1.24. The van der Waals surface area contributed by atoms with Crippen LogP contribution in [0.3, 0.4) is 0 Å². The summed E-state index contributed by atoms with van der Waals surface area (Å²) in [5, 5.41) is 0. The fourth-order valence-corrected chi connectivity index (χ4v) is 1.74. The minimum Gasteiger partial charge on any atom is -0.0794 e. The smallest absolute Gasteiger partial charge is 0.0456 e. The maximum Gasteiger partial charge on any atom is 0.0456 e. The van der Waals surface area contributed by atoms with Gasteiger partial charge in [0.05, 0.1) is 0 Å². The van der Waals surface area contributed by atoms with Crippen LogP contribution in [0.4, 0.5) is 0 Å². The van der Waals surface area contributed by atoms with Crippen LogP contribution in [0.25, 0.3) is 0 Å². The average molecular weight is 190 g/mol. The highest BCUT2D eigenvalue weighted by molar-refractivity contribution is 7.82. The standard InChI is InChI=1S/C10H6S2/c11-9-5-6-10(12)8-4-2-1-3-7(8)9/h1-6H. The van der Waals surface area contributed by atoms with Gasteiger partial charge in [-0.1, -0.05) is 48.7 Å². The summed E-state index contributed by atoms with van der Waals surface area (Å²) >= 11 is 10.3. The van der Waals surface area contributed by atoms with E-state index in [1.807, 2.05) is 36.4 Å². The normalized spacial score (nSPS) is 14.7. The first-order chi connectivity index (χ1) is 5.79. The fraction of sp³-hybridized carbons (Fsp3) is 0. The van der Waals surface area contributed by atoms with E-state index in [1.165, 1.54) is 0 Å². The van der Waals surface area contributed by atoms with Gasteiger partial charge in [-0.3, -0.25) is 0 Å². The molecule has 0 bridgehead atoms. The second kappa shape index (κ2) is 2.88. The predicted molar refractivity (Wildman–Crippen MR) is 59.0 cm³/mol. The van der Waals surface area contributed by atoms with E-state index in [2.05, 4.69) is 0 Å². The largest absolute Gasteiger partial charge is 0.0794 e. The molecule has 1 aromatic carbocycles. The Morgan fingerprint density at radius 1 is 0.750 bits per heavy atom. The molecule has 1 aromatic rings. The molecule has 0 N–H and O–H groups in total. The van der Waals surface area contributed by atoms with E-state index in [1.54, 1.807) is 0 Å². The molecule has 0 heterocycles. The lowest BCUT2D eigenvalue weighted by Crippen LogP contribution is -2.08. The summed E-state index contributed by atoms with van der Waals surface area (Å²) in [5.41, 5.74) is 2.17. The first-order valence-electron chi connectivity index (χ1n) is 3.65. The highest BCUT2D eigenvalue weighted by atomic mass is 32.1. The Morgan fingerprint density at radius 2 is 1.17 bits per heavy atom. The molecule has 1 aliphatic carbocycles. The molecule has 0 aliphatic heterocycles. The predicted octanol–water partition coefficient (Wildman–Crippen LogP) is 2.69. The van der Waals surface area contributed by atoms with Crippen LogP contribution in [-0.2, 0) is 0 Å². The van der Waals surface area contributed by atoms with Crippen molar-refractivity contribution in [2.24, 2.45) is 0 Å². The van der Waals surface area contributed by atoms with Crippen molar-refractivity contribution in [1.29, 1.82) is 0 Å². The number of thiocarbonyl (C=S) groups is 2. The highest BCUT2D eigenvalue weighted by Gasteiger charge is 2.11. The minimum atomic E-state index is 0.874. The Hall–Kier alpha value is -0.860. The first-order valence-corrected chi connectivity index (χ1v) is 4.46. The molecule has 0 radical (unpaired) electrons. The number of benzene rings is 1. The van der Waals surface area contributed by atoms with Gasteiger partial charge < -0.3 is 0 Å². The third-order valence-corrected chi connectivity index (χ3v) is 2.56. The van der Waals surface area contributed by atoms with E-state index in [0.29, 0.717) is 0 Å². The molecule has 0 amide bonds. The number of hydrogen-bond donors (Lipinski definition) is 0. The Kier molecular flexibility index (Phi) is 1.87. The van der Waals surface area contributed by atoms with Crippen LogP contribution in [0.5, 0.6) is 0 Å². The van der Waals surface area contributed by atoms with E-state index in [4.69, 9.17) is 24.4 Å². The lowest BCUT2D eigenvalue weighted by Gasteiger charge is -2.11. The maximum absolute atomic E-state index is 5.17. The van der Waals surface area contributed by atoms with Crippen molar-refractivity contribution in [3.63, 3.8) is 0 Å². The van der Waals surface area contributed by atoms with Crippen molar-refractivity contribution in [2.75, 3.05) is 0 Å². The van der Waals surface area contributed by atoms with Crippen molar-refractivity contribution >= 4 is 34.2 Å². The SMILES string of the molecule is S=C1C=CC(=S)c2ccccc21. The zero-order valence-corrected chi connectivity index (χ0v) is 7.91. The van der Waals surface area contributed by atoms with Gasteiger partial charge in [0, 0.05) is 20.9 Å². The summed E-state index contributed by atoms with van der Waals surface area (Å²) < 4.78 is 0. The molecule has 0 nitrogen and oxygen atoms in total. The molecule has 2 heteroatoms. The molecular weight excluding hydrogens is 184 g/mol. The maximum atomic E-state index is 5.17. The lowest BCUT2D eigenvalue weighted by atomic mass is 9.97. The minimum absolute atomic E-state index is 0.874. The topological polar surface area (TPSA) is 0 Å². The van der Waals surface area contributed by atoms with Crippen LogP contribution in [0.15, 0.2) is 36.4 Å². The van der Waals surface area contributed by atoms with Gasteiger partial charge in [0.1, 0.15) is 0 Å². The van der Waals surface area contributed by atoms with E-state index in [-0.39, 0.29) is 0 Å². The molecular formula is C10H6S2. The van der Waals surface area contributed by atoms with Crippen LogP contribution in [0.1, 0.15) is 11.1 Å². The van der Waals surface area contributed by atoms with Crippen LogP contribution in [0, 0.1) is 0 Å². The van der Waals surface area contributed by atoms with Crippen molar-refractivity contribution in [3.05, 3.63) is 47.5 Å². The summed E-state index contributed by atoms with van der Waals surface area (Å²) in [6.07, 6.45) is 3.78. The quantitative estimate of drug-likeness (QED) is 0.577. The van der Waals surface area contributed by atoms with Crippen LogP contribution in [-0.4, -0.2) is 9.73 Å². The van der Waals surface area contributed by atoms with Crippen LogP contribution in [0.2, 0.25) is 0 Å². The van der Waals surface area contributed by atoms with Crippen molar-refractivity contribution in [3.8, 4) is 0 Å². The lowest BCUT2D eigenvalue weighted by molar-refractivity contribution is 1.62. The Morgan fingerprint density at radius 3 is 1.58 bits per heavy atom. The van der Waals surface area contributed by atoms with Crippen molar-refractivity contribution < 1.29 is 0 Å². The molecule has 0 spiro atoms. The third kappa shape index (κ3) is 1.13. The van der Waals surface area contributed by atoms with E-state index < -0.39 is 0 Å². The Labute approximate surface area is 81.9 Å². The van der Waals surface area contributed by atoms with Gasteiger partial charge in [-0.25, -0.2) is 0 Å². The molecule has 0 aromatic heterocycles. The van der Waals surface area contributed by atoms with Gasteiger partial charge in [-0.05, 0) is 12.2 Å². The number of rotatable bonds is 0. The molecule has 0 unspecified atom stereocenters. The van der Waals surface area contributed by atoms with Crippen LogP contribution >= 0.6 is 24.4 Å². The molecule has 0 saturated heterocycles. The summed E-state index contributed by atoms with van der Waals surface area (Å²) in [6, 6.07) is 7.97. The van der Waals surface area contributed by atoms with Gasteiger partial charge in [-0.2, -0.15) is 0 Å². The third-order valence-electron chi connectivity index (χ3n) is 1.84. The number of fused-ring (bicyclic) bond motifs is 1. The number of hydrogen-bond acceptors (Lipinski definition) is 2. The first kappa shape index (κ1) is 7.77. The van der Waals surface area contributed by atoms with E-state index in [0.717, 1.165) is 20.9 Å². The summed E-state index contributed by atoms with van der Waals surface area (Å²) in [7, 11) is 0. The second-order valence-corrected chi connectivity index (χ2v) is 3.49. The molecule has 12 heavy (non-hydrogen) atoms. The van der Waals surface area contributed by atoms with Gasteiger partial charge in [0.25, 0.3) is 0 Å². The van der Waals surface area contributed by atoms with Gasteiger partial charge in [0.15, 0.2) is 0 Å². The molecule has 2 rings (SSSR count). The molecule has 0 atom stereocenters. The molecule has 0 fully saturated rings. The summed E-state index contributed by atoms with van der Waals surface area (Å²) in [5.74, 6) is 0. The summed E-state index contributed by atoms with van der Waals surface area (Å²) in [6.45, 7) is 0. The van der Waals surface area contributed by atoms with Gasteiger partial charge in [0.2, 0.25) is 0 Å². The Bertz CT molecular complexity index is 352. The highest BCUT2D eigenvalue weighted by Crippen LogP contribution is 2.17. The van der Waals surface area contributed by atoms with E-state index in [9.17, 15) is 0 Å². The van der Waals surface area contributed by atoms with Gasteiger partial charge >= 0.3 is 0 Å².